The van der Waals surface area contributed by atoms with Gasteiger partial charge in [-0.3, -0.25) is 9.78 Å². The molecule has 0 spiro atoms. The highest BCUT2D eigenvalue weighted by Crippen LogP contribution is 2.51. The molecule has 1 saturated heterocycles. The third kappa shape index (κ3) is 4.30. The van der Waals surface area contributed by atoms with Crippen molar-refractivity contribution in [2.24, 2.45) is 5.41 Å². The number of aldehydes is 1. The van der Waals surface area contributed by atoms with E-state index in [4.69, 9.17) is 23.2 Å². The summed E-state index contributed by atoms with van der Waals surface area (Å²) in [7, 11) is 0. The van der Waals surface area contributed by atoms with Crippen LogP contribution in [-0.4, -0.2) is 28.1 Å². The van der Waals surface area contributed by atoms with Crippen molar-refractivity contribution in [3.63, 3.8) is 0 Å². The maximum absolute atomic E-state index is 13.7. The van der Waals surface area contributed by atoms with Gasteiger partial charge in [0.25, 0.3) is 0 Å². The molecule has 1 aromatic carbocycles. The standard InChI is InChI=1S/C24H26Cl2N2O2/c1-4-11-24(3)13-20(16-7-6-8-17(25)12-16)22(21-10-9-18(26)14-27-21)28(23(24)30)19(5-2)15-29/h4,6-10,12,14-15,19-20,22H,1,5,11,13H2,2-3H3/t19?,20-,22+,24?/m1/s1. The number of allylic oxidation sites excluding steroid dienone is 1. The molecule has 0 aliphatic carbocycles. The van der Waals surface area contributed by atoms with Gasteiger partial charge >= 0.3 is 0 Å². The number of pyridine rings is 1. The van der Waals surface area contributed by atoms with Crippen LogP contribution in [0.15, 0.2) is 55.3 Å². The highest BCUT2D eigenvalue weighted by atomic mass is 35.5. The molecule has 158 valence electrons. The first-order chi connectivity index (χ1) is 14.3. The van der Waals surface area contributed by atoms with Gasteiger partial charge in [0.05, 0.1) is 28.2 Å². The summed E-state index contributed by atoms with van der Waals surface area (Å²) in [5.74, 6) is -0.143. The van der Waals surface area contributed by atoms with Crippen LogP contribution in [0.25, 0.3) is 0 Å². The minimum atomic E-state index is -0.673. The van der Waals surface area contributed by atoms with E-state index in [1.165, 1.54) is 0 Å². The van der Waals surface area contributed by atoms with Crippen molar-refractivity contribution in [2.75, 3.05) is 0 Å². The van der Waals surface area contributed by atoms with Crippen molar-refractivity contribution in [3.05, 3.63) is 76.6 Å². The van der Waals surface area contributed by atoms with Gasteiger partial charge in [-0.05, 0) is 49.1 Å². The SMILES string of the molecule is C=CCC1(C)C[C@H](c2cccc(Cl)c2)[C@@H](c2ccc(Cl)cn2)N(C(C=O)CC)C1=O. The van der Waals surface area contributed by atoms with Gasteiger partial charge in [0, 0.05) is 17.1 Å². The minimum absolute atomic E-state index is 0.0543. The molecule has 3 rings (SSSR count). The van der Waals surface area contributed by atoms with E-state index in [2.05, 4.69) is 11.6 Å². The number of nitrogens with zero attached hydrogens (tertiary/aromatic N) is 2. The molecule has 0 bridgehead atoms. The molecule has 0 radical (unpaired) electrons. The van der Waals surface area contributed by atoms with E-state index < -0.39 is 17.5 Å². The highest BCUT2D eigenvalue weighted by molar-refractivity contribution is 6.30. The smallest absolute Gasteiger partial charge is 0.230 e. The summed E-state index contributed by atoms with van der Waals surface area (Å²) in [5, 5.41) is 1.15. The number of halogens is 2. The molecular weight excluding hydrogens is 419 g/mol. The Morgan fingerprint density at radius 1 is 1.30 bits per heavy atom. The lowest BCUT2D eigenvalue weighted by Crippen LogP contribution is -2.56. The topological polar surface area (TPSA) is 50.3 Å². The van der Waals surface area contributed by atoms with E-state index in [0.29, 0.717) is 35.0 Å². The van der Waals surface area contributed by atoms with Crippen LogP contribution in [0.1, 0.15) is 56.3 Å². The molecule has 2 aromatic rings. The molecule has 2 heterocycles. The van der Waals surface area contributed by atoms with Crippen LogP contribution in [0.2, 0.25) is 10.0 Å². The Morgan fingerprint density at radius 3 is 2.63 bits per heavy atom. The van der Waals surface area contributed by atoms with E-state index in [-0.39, 0.29) is 11.8 Å². The fourth-order valence-electron chi connectivity index (χ4n) is 4.47. The molecule has 1 aliphatic heterocycles. The number of hydrogen-bond donors (Lipinski definition) is 0. The van der Waals surface area contributed by atoms with Crippen LogP contribution < -0.4 is 0 Å². The molecule has 1 aliphatic rings. The summed E-state index contributed by atoms with van der Waals surface area (Å²) >= 11 is 12.4. The van der Waals surface area contributed by atoms with Crippen LogP contribution in [0.4, 0.5) is 0 Å². The number of amides is 1. The number of rotatable bonds is 7. The molecule has 4 nitrogen and oxygen atoms in total. The first-order valence-corrected chi connectivity index (χ1v) is 10.9. The Morgan fingerprint density at radius 2 is 2.07 bits per heavy atom. The maximum Gasteiger partial charge on any atom is 0.230 e. The van der Waals surface area contributed by atoms with Crippen molar-refractivity contribution < 1.29 is 9.59 Å². The zero-order chi connectivity index (χ0) is 21.9. The fourth-order valence-corrected chi connectivity index (χ4v) is 4.78. The second-order valence-corrected chi connectivity index (χ2v) is 8.96. The summed E-state index contributed by atoms with van der Waals surface area (Å²) in [5.41, 5.74) is 1.05. The fraction of sp³-hybridized carbons (Fsp3) is 0.375. The zero-order valence-corrected chi connectivity index (χ0v) is 18.7. The highest BCUT2D eigenvalue weighted by Gasteiger charge is 2.51. The van der Waals surface area contributed by atoms with Crippen LogP contribution in [-0.2, 0) is 9.59 Å². The first-order valence-electron chi connectivity index (χ1n) is 10.1. The Labute approximate surface area is 187 Å². The normalized spacial score (nSPS) is 25.1. The number of carbonyl (C=O) groups excluding carboxylic acids is 2. The summed E-state index contributed by atoms with van der Waals surface area (Å²) < 4.78 is 0. The Hall–Kier alpha value is -2.17. The Balaban J connectivity index is 2.23. The summed E-state index contributed by atoms with van der Waals surface area (Å²) in [4.78, 5) is 32.0. The molecule has 0 N–H and O–H groups in total. The van der Waals surface area contributed by atoms with E-state index in [9.17, 15) is 9.59 Å². The lowest BCUT2D eigenvalue weighted by atomic mass is 9.67. The van der Waals surface area contributed by atoms with Gasteiger partial charge in [0.2, 0.25) is 5.91 Å². The number of hydrogen-bond acceptors (Lipinski definition) is 3. The Kier molecular flexibility index (Phi) is 6.99. The Bertz CT molecular complexity index is 931. The molecular formula is C24H26Cl2N2O2. The average Bonchev–Trinajstić information content (AvgIpc) is 2.73. The molecule has 4 atom stereocenters. The molecule has 1 amide bonds. The maximum atomic E-state index is 13.7. The van der Waals surface area contributed by atoms with Gasteiger partial charge in [-0.2, -0.15) is 0 Å². The second-order valence-electron chi connectivity index (χ2n) is 8.09. The number of carbonyl (C=O) groups is 2. The molecule has 1 fully saturated rings. The molecule has 2 unspecified atom stereocenters. The van der Waals surface area contributed by atoms with Crippen LogP contribution in [0.3, 0.4) is 0 Å². The van der Waals surface area contributed by atoms with Gasteiger partial charge in [0.15, 0.2) is 0 Å². The lowest BCUT2D eigenvalue weighted by molar-refractivity contribution is -0.156. The van der Waals surface area contributed by atoms with Gasteiger partial charge in [0.1, 0.15) is 6.29 Å². The first kappa shape index (κ1) is 22.5. The van der Waals surface area contributed by atoms with E-state index in [0.717, 1.165) is 11.8 Å². The monoisotopic (exact) mass is 444 g/mol. The summed E-state index contributed by atoms with van der Waals surface area (Å²) in [6, 6.07) is 10.3. The largest absolute Gasteiger partial charge is 0.323 e. The van der Waals surface area contributed by atoms with Crippen molar-refractivity contribution in [1.82, 2.24) is 9.88 Å². The number of piperidine rings is 1. The predicted octanol–water partition coefficient (Wildman–Crippen LogP) is 6.01. The third-order valence-electron chi connectivity index (χ3n) is 5.96. The second kappa shape index (κ2) is 9.32. The van der Waals surface area contributed by atoms with Gasteiger partial charge in [-0.1, -0.05) is 55.3 Å². The average molecular weight is 445 g/mol. The van der Waals surface area contributed by atoms with E-state index in [1.807, 2.05) is 44.2 Å². The van der Waals surface area contributed by atoms with Gasteiger partial charge < -0.3 is 9.69 Å². The number of likely N-dealkylation sites (tertiary alicyclic amines) is 1. The molecule has 30 heavy (non-hydrogen) atoms. The summed E-state index contributed by atoms with van der Waals surface area (Å²) in [6.45, 7) is 7.71. The summed E-state index contributed by atoms with van der Waals surface area (Å²) in [6.07, 6.45) is 5.84. The number of benzene rings is 1. The quantitative estimate of drug-likeness (QED) is 0.388. The zero-order valence-electron chi connectivity index (χ0n) is 17.2. The van der Waals surface area contributed by atoms with Crippen molar-refractivity contribution in [2.45, 2.75) is 51.1 Å². The molecule has 1 aromatic heterocycles. The van der Waals surface area contributed by atoms with Crippen molar-refractivity contribution in [3.8, 4) is 0 Å². The van der Waals surface area contributed by atoms with Crippen molar-refractivity contribution >= 4 is 35.4 Å². The van der Waals surface area contributed by atoms with Crippen LogP contribution in [0, 0.1) is 5.41 Å². The van der Waals surface area contributed by atoms with Crippen LogP contribution in [0.5, 0.6) is 0 Å². The van der Waals surface area contributed by atoms with Crippen molar-refractivity contribution in [1.29, 1.82) is 0 Å². The van der Waals surface area contributed by atoms with E-state index >= 15 is 0 Å². The van der Waals surface area contributed by atoms with Crippen LogP contribution >= 0.6 is 23.2 Å². The van der Waals surface area contributed by atoms with E-state index in [1.54, 1.807) is 23.2 Å². The van der Waals surface area contributed by atoms with Gasteiger partial charge in [-0.25, -0.2) is 0 Å². The number of aromatic nitrogens is 1. The third-order valence-corrected chi connectivity index (χ3v) is 6.42. The molecule has 6 heteroatoms. The minimum Gasteiger partial charge on any atom is -0.323 e. The lowest BCUT2D eigenvalue weighted by Gasteiger charge is -2.50. The van der Waals surface area contributed by atoms with Gasteiger partial charge in [-0.15, -0.1) is 6.58 Å². The molecule has 0 saturated carbocycles. The predicted molar refractivity (Wildman–Crippen MR) is 121 cm³/mol.